The summed E-state index contributed by atoms with van der Waals surface area (Å²) in [5.41, 5.74) is -0.0570. The van der Waals surface area contributed by atoms with Crippen molar-refractivity contribution in [2.45, 2.75) is 26.1 Å². The van der Waals surface area contributed by atoms with Gasteiger partial charge in [0.1, 0.15) is 0 Å². The lowest BCUT2D eigenvalue weighted by Crippen LogP contribution is -2.12. The number of aromatic nitrogens is 3. The topological polar surface area (TPSA) is 112 Å². The number of nitrogens with one attached hydrogen (secondary N) is 1. The van der Waals surface area contributed by atoms with Crippen LogP contribution in [-0.2, 0) is 6.18 Å². The molecule has 0 bridgehead atoms. The van der Waals surface area contributed by atoms with E-state index in [2.05, 4.69) is 15.4 Å². The monoisotopic (exact) mass is 545 g/mol. The lowest BCUT2D eigenvalue weighted by atomic mass is 10.1. The van der Waals surface area contributed by atoms with Crippen LogP contribution in [0.2, 0.25) is 5.02 Å². The first-order valence-electron chi connectivity index (χ1n) is 11.1. The number of carbonyl (C=O) groups is 1. The molecule has 4 aromatic rings. The molecule has 0 unspecified atom stereocenters. The van der Waals surface area contributed by atoms with Gasteiger partial charge in [-0.25, -0.2) is 4.68 Å². The van der Waals surface area contributed by atoms with E-state index in [-0.39, 0.29) is 39.8 Å². The predicted octanol–water partition coefficient (Wildman–Crippen LogP) is 6.55. The molecular weight excluding hydrogens is 527 g/mol. The first kappa shape index (κ1) is 26.6. The molecule has 0 radical (unpaired) electrons. The van der Waals surface area contributed by atoms with Crippen molar-refractivity contribution in [2.75, 3.05) is 5.32 Å². The molecule has 4 rings (SSSR count). The maximum absolute atomic E-state index is 13.3. The second kappa shape index (κ2) is 10.5. The fourth-order valence-electron chi connectivity index (χ4n) is 3.44. The molecule has 1 heterocycles. The fraction of sp³-hybridized carbons (Fsp3) is 0.160. The summed E-state index contributed by atoms with van der Waals surface area (Å²) >= 11 is 6.03. The number of carbonyl (C=O) groups excluding carboxylic acids is 1. The molecule has 1 N–H and O–H groups in total. The van der Waals surface area contributed by atoms with Gasteiger partial charge in [0.05, 0.1) is 32.9 Å². The van der Waals surface area contributed by atoms with Gasteiger partial charge < -0.3 is 10.1 Å². The molecule has 13 heteroatoms. The van der Waals surface area contributed by atoms with Crippen LogP contribution in [0, 0.1) is 10.1 Å². The lowest BCUT2D eigenvalue weighted by molar-refractivity contribution is -0.384. The van der Waals surface area contributed by atoms with Crippen LogP contribution in [0.3, 0.4) is 0 Å². The Labute approximate surface area is 219 Å². The number of hydrogen-bond acceptors (Lipinski definition) is 6. The number of ether oxygens (including phenoxy) is 1. The van der Waals surface area contributed by atoms with Crippen molar-refractivity contribution in [1.82, 2.24) is 14.8 Å². The van der Waals surface area contributed by atoms with E-state index in [9.17, 15) is 28.1 Å². The smallest absolute Gasteiger partial charge is 0.416 e. The highest BCUT2D eigenvalue weighted by Crippen LogP contribution is 2.33. The fourth-order valence-corrected chi connectivity index (χ4v) is 3.70. The highest BCUT2D eigenvalue weighted by atomic mass is 35.5. The first-order valence-corrected chi connectivity index (χ1v) is 11.5. The molecule has 0 atom stereocenters. The van der Waals surface area contributed by atoms with E-state index >= 15 is 0 Å². The largest absolute Gasteiger partial charge is 0.460 e. The Hall–Kier alpha value is -4.45. The molecule has 0 aliphatic rings. The van der Waals surface area contributed by atoms with Crippen LogP contribution in [0.1, 0.15) is 29.8 Å². The van der Waals surface area contributed by atoms with Crippen LogP contribution in [0.25, 0.3) is 17.1 Å². The zero-order chi connectivity index (χ0) is 27.6. The van der Waals surface area contributed by atoms with Crippen molar-refractivity contribution in [3.8, 4) is 23.1 Å². The Morgan fingerprint density at radius 1 is 1.11 bits per heavy atom. The third kappa shape index (κ3) is 5.92. The van der Waals surface area contributed by atoms with Crippen molar-refractivity contribution in [3.63, 3.8) is 0 Å². The van der Waals surface area contributed by atoms with Crippen LogP contribution in [0.15, 0.2) is 66.7 Å². The molecule has 1 aromatic heterocycles. The number of nitro groups is 1. The maximum Gasteiger partial charge on any atom is 0.416 e. The average molecular weight is 546 g/mol. The number of amides is 1. The molecule has 0 aliphatic carbocycles. The van der Waals surface area contributed by atoms with Gasteiger partial charge in [0.2, 0.25) is 0 Å². The van der Waals surface area contributed by atoms with E-state index in [1.54, 1.807) is 38.1 Å². The molecule has 38 heavy (non-hydrogen) atoms. The van der Waals surface area contributed by atoms with Gasteiger partial charge in [-0.3, -0.25) is 14.9 Å². The van der Waals surface area contributed by atoms with Crippen molar-refractivity contribution < 1.29 is 27.6 Å². The number of hydrogen-bond donors (Lipinski definition) is 1. The normalized spacial score (nSPS) is 11.4. The van der Waals surface area contributed by atoms with E-state index in [4.69, 9.17) is 16.3 Å². The summed E-state index contributed by atoms with van der Waals surface area (Å²) in [4.78, 5) is 27.2. The molecule has 196 valence electrons. The van der Waals surface area contributed by atoms with E-state index in [0.29, 0.717) is 11.4 Å². The summed E-state index contributed by atoms with van der Waals surface area (Å²) in [5, 5.41) is 17.7. The number of non-ortho nitro benzene ring substituents is 1. The van der Waals surface area contributed by atoms with Crippen LogP contribution in [0.5, 0.6) is 6.01 Å². The van der Waals surface area contributed by atoms with Crippen molar-refractivity contribution in [1.29, 1.82) is 0 Å². The molecular formula is C25H19ClF3N5O4. The molecule has 0 aliphatic heterocycles. The van der Waals surface area contributed by atoms with Crippen LogP contribution >= 0.6 is 11.6 Å². The van der Waals surface area contributed by atoms with E-state index in [0.717, 1.165) is 18.2 Å². The number of alkyl halides is 3. The number of anilines is 1. The second-order valence-corrected chi connectivity index (χ2v) is 8.70. The SMILES string of the molecule is CC(C)Oc1nc(-c2cccc(C(F)(F)F)c2)n(-c2ccc(NC(=O)c3ccc([N+](=O)[O-])cc3Cl)cc2)n1. The number of rotatable bonds is 7. The number of halogens is 4. The highest BCUT2D eigenvalue weighted by Gasteiger charge is 2.31. The zero-order valence-corrected chi connectivity index (χ0v) is 20.6. The minimum atomic E-state index is -4.54. The molecule has 0 saturated carbocycles. The molecule has 0 saturated heterocycles. The summed E-state index contributed by atoms with van der Waals surface area (Å²) in [6.07, 6.45) is -4.81. The Balaban J connectivity index is 1.64. The van der Waals surface area contributed by atoms with E-state index in [1.807, 2.05) is 0 Å². The summed E-state index contributed by atoms with van der Waals surface area (Å²) in [7, 11) is 0. The number of nitrogens with zero attached hydrogens (tertiary/aromatic N) is 4. The highest BCUT2D eigenvalue weighted by molar-refractivity contribution is 6.34. The van der Waals surface area contributed by atoms with E-state index in [1.165, 1.54) is 28.9 Å². The van der Waals surface area contributed by atoms with Crippen molar-refractivity contribution in [3.05, 3.63) is 93.0 Å². The standard InChI is InChI=1S/C25H19ClF3N5O4/c1-14(2)38-24-31-22(15-4-3-5-16(12-15)25(27,28)29)33(32-24)18-8-6-17(7-9-18)30-23(35)20-11-10-19(34(36)37)13-21(20)26/h3-14H,1-2H3,(H,30,35). The van der Waals surface area contributed by atoms with Gasteiger partial charge in [-0.2, -0.15) is 18.2 Å². The van der Waals surface area contributed by atoms with E-state index < -0.39 is 22.6 Å². The molecule has 0 spiro atoms. The Kier molecular flexibility index (Phi) is 7.35. The minimum absolute atomic E-state index is 0.0161. The average Bonchev–Trinajstić information content (AvgIpc) is 3.27. The van der Waals surface area contributed by atoms with Gasteiger partial charge in [0.25, 0.3) is 11.6 Å². The second-order valence-electron chi connectivity index (χ2n) is 8.30. The van der Waals surface area contributed by atoms with Crippen LogP contribution in [0.4, 0.5) is 24.5 Å². The molecule has 9 nitrogen and oxygen atoms in total. The maximum atomic E-state index is 13.3. The van der Waals surface area contributed by atoms with Crippen LogP contribution < -0.4 is 10.1 Å². The predicted molar refractivity (Wildman–Crippen MR) is 134 cm³/mol. The Bertz CT molecular complexity index is 1500. The van der Waals surface area contributed by atoms with Crippen LogP contribution in [-0.4, -0.2) is 31.7 Å². The van der Waals surface area contributed by atoms with Gasteiger partial charge in [-0.05, 0) is 56.3 Å². The molecule has 1 amide bonds. The summed E-state index contributed by atoms with van der Waals surface area (Å²) < 4.78 is 46.8. The van der Waals surface area contributed by atoms with Gasteiger partial charge >= 0.3 is 12.2 Å². The Morgan fingerprint density at radius 2 is 1.82 bits per heavy atom. The third-order valence-electron chi connectivity index (χ3n) is 5.15. The molecule has 0 fully saturated rings. The van der Waals surface area contributed by atoms with Gasteiger partial charge in [-0.15, -0.1) is 5.10 Å². The first-order chi connectivity index (χ1) is 17.9. The summed E-state index contributed by atoms with van der Waals surface area (Å²) in [5.74, 6) is -0.461. The third-order valence-corrected chi connectivity index (χ3v) is 5.47. The zero-order valence-electron chi connectivity index (χ0n) is 19.9. The Morgan fingerprint density at radius 3 is 2.42 bits per heavy atom. The number of nitro benzene ring substituents is 1. The van der Waals surface area contributed by atoms with Gasteiger partial charge in [-0.1, -0.05) is 23.7 Å². The number of benzene rings is 3. The van der Waals surface area contributed by atoms with Crippen molar-refractivity contribution >= 4 is 28.9 Å². The quantitative estimate of drug-likeness (QED) is 0.208. The molecule has 3 aromatic carbocycles. The van der Waals surface area contributed by atoms with Gasteiger partial charge in [0, 0.05) is 23.4 Å². The summed E-state index contributed by atoms with van der Waals surface area (Å²) in [6.45, 7) is 3.53. The minimum Gasteiger partial charge on any atom is -0.460 e. The lowest BCUT2D eigenvalue weighted by Gasteiger charge is -2.11. The van der Waals surface area contributed by atoms with Gasteiger partial charge in [0.15, 0.2) is 5.82 Å². The van der Waals surface area contributed by atoms with Crippen molar-refractivity contribution in [2.24, 2.45) is 0 Å². The summed E-state index contributed by atoms with van der Waals surface area (Å²) in [6, 6.07) is 14.4.